The first-order valence-electron chi connectivity index (χ1n) is 6.20. The molecule has 0 heterocycles. The largest absolute Gasteiger partial charge is 0.389 e. The van der Waals surface area contributed by atoms with Crippen LogP contribution in [-0.2, 0) is 10.0 Å². The first kappa shape index (κ1) is 16.1. The average molecular weight is 300 g/mol. The van der Waals surface area contributed by atoms with Crippen LogP contribution in [0.4, 0.5) is 0 Å². The lowest BCUT2D eigenvalue weighted by atomic mass is 10.0. The molecule has 0 amide bonds. The van der Waals surface area contributed by atoms with E-state index in [1.165, 1.54) is 6.07 Å². The van der Waals surface area contributed by atoms with Crippen molar-refractivity contribution in [2.75, 3.05) is 0 Å². The maximum Gasteiger partial charge on any atom is 0.241 e. The highest BCUT2D eigenvalue weighted by Crippen LogP contribution is 2.17. The van der Waals surface area contributed by atoms with Gasteiger partial charge in [-0.1, -0.05) is 50.7 Å². The molecule has 19 heavy (non-hydrogen) atoms. The van der Waals surface area contributed by atoms with E-state index in [1.54, 1.807) is 18.2 Å². The Balaban J connectivity index is 3.11. The van der Waals surface area contributed by atoms with Gasteiger partial charge in [-0.05, 0) is 18.9 Å². The van der Waals surface area contributed by atoms with E-state index < -0.39 is 10.0 Å². The highest BCUT2D eigenvalue weighted by Gasteiger charge is 2.23. The molecule has 0 aliphatic carbocycles. The molecule has 0 saturated heterocycles. The van der Waals surface area contributed by atoms with Crippen LogP contribution in [0.3, 0.4) is 0 Å². The van der Waals surface area contributed by atoms with Crippen molar-refractivity contribution in [1.29, 1.82) is 0 Å². The summed E-state index contributed by atoms with van der Waals surface area (Å²) < 4.78 is 27.4. The molecule has 2 atom stereocenters. The van der Waals surface area contributed by atoms with Crippen LogP contribution >= 0.6 is 12.2 Å². The summed E-state index contributed by atoms with van der Waals surface area (Å²) in [4.78, 5) is 0.217. The Kier molecular flexibility index (Phi) is 5.46. The Bertz CT molecular complexity index is 556. The number of sulfonamides is 1. The number of nitrogens with two attached hydrogens (primary N) is 1. The third-order valence-corrected chi connectivity index (χ3v) is 5.12. The molecule has 106 valence electrons. The Morgan fingerprint density at radius 2 is 1.95 bits per heavy atom. The van der Waals surface area contributed by atoms with E-state index in [4.69, 9.17) is 18.0 Å². The minimum atomic E-state index is -3.61. The van der Waals surface area contributed by atoms with Crippen LogP contribution in [0.15, 0.2) is 29.2 Å². The summed E-state index contributed by atoms with van der Waals surface area (Å²) in [5, 5.41) is 0. The van der Waals surface area contributed by atoms with E-state index in [-0.39, 0.29) is 21.8 Å². The molecule has 4 nitrogen and oxygen atoms in total. The van der Waals surface area contributed by atoms with Crippen molar-refractivity contribution in [1.82, 2.24) is 4.72 Å². The molecule has 0 radical (unpaired) electrons. The van der Waals surface area contributed by atoms with E-state index in [9.17, 15) is 8.42 Å². The summed E-state index contributed by atoms with van der Waals surface area (Å²) in [6.45, 7) is 5.89. The smallest absolute Gasteiger partial charge is 0.241 e. The molecule has 1 rings (SSSR count). The van der Waals surface area contributed by atoms with Gasteiger partial charge in [0, 0.05) is 11.6 Å². The Morgan fingerprint density at radius 3 is 2.47 bits per heavy atom. The molecule has 0 aliphatic heterocycles. The summed E-state index contributed by atoms with van der Waals surface area (Å²) in [7, 11) is -3.61. The lowest BCUT2D eigenvalue weighted by Crippen LogP contribution is -2.37. The van der Waals surface area contributed by atoms with E-state index in [2.05, 4.69) is 4.72 Å². The quantitative estimate of drug-likeness (QED) is 0.789. The molecule has 0 aromatic heterocycles. The van der Waals surface area contributed by atoms with Gasteiger partial charge in [0.2, 0.25) is 10.0 Å². The normalized spacial score (nSPS) is 14.9. The SMILES string of the molecule is CCC(C)C(C)NS(=O)(=O)c1ccccc1C(N)=S. The van der Waals surface area contributed by atoms with Crippen LogP contribution in [0, 0.1) is 5.92 Å². The minimum Gasteiger partial charge on any atom is -0.389 e. The zero-order valence-corrected chi connectivity index (χ0v) is 13.0. The maximum atomic E-state index is 12.4. The second-order valence-electron chi connectivity index (χ2n) is 4.66. The first-order valence-corrected chi connectivity index (χ1v) is 8.10. The number of hydrogen-bond acceptors (Lipinski definition) is 3. The fraction of sp³-hybridized carbons (Fsp3) is 0.462. The molecule has 2 unspecified atom stereocenters. The number of nitrogens with one attached hydrogen (secondary N) is 1. The number of hydrogen-bond donors (Lipinski definition) is 2. The maximum absolute atomic E-state index is 12.4. The van der Waals surface area contributed by atoms with Crippen molar-refractivity contribution in [2.24, 2.45) is 11.7 Å². The highest BCUT2D eigenvalue weighted by molar-refractivity contribution is 7.89. The van der Waals surface area contributed by atoms with Crippen LogP contribution < -0.4 is 10.5 Å². The molecule has 0 bridgehead atoms. The minimum absolute atomic E-state index is 0.0807. The van der Waals surface area contributed by atoms with Crippen molar-refractivity contribution < 1.29 is 8.42 Å². The summed E-state index contributed by atoms with van der Waals surface area (Å²) in [5.74, 6) is 0.256. The molecule has 1 aromatic rings. The van der Waals surface area contributed by atoms with Crippen molar-refractivity contribution in [2.45, 2.75) is 38.1 Å². The third-order valence-electron chi connectivity index (χ3n) is 3.28. The molecule has 3 N–H and O–H groups in total. The predicted octanol–water partition coefficient (Wildman–Crippen LogP) is 2.03. The lowest BCUT2D eigenvalue weighted by Gasteiger charge is -2.20. The number of thiocarbonyl (C=S) groups is 1. The molecule has 0 aliphatic rings. The van der Waals surface area contributed by atoms with Crippen molar-refractivity contribution >= 4 is 27.2 Å². The summed E-state index contributed by atoms with van der Waals surface area (Å²) in [5.41, 5.74) is 5.94. The fourth-order valence-corrected chi connectivity index (χ4v) is 3.50. The molecule has 0 spiro atoms. The van der Waals surface area contributed by atoms with Gasteiger partial charge in [-0.3, -0.25) is 0 Å². The summed E-state index contributed by atoms with van der Waals surface area (Å²) in [6.07, 6.45) is 0.903. The summed E-state index contributed by atoms with van der Waals surface area (Å²) in [6, 6.07) is 6.36. The lowest BCUT2D eigenvalue weighted by molar-refractivity contribution is 0.434. The van der Waals surface area contributed by atoms with Crippen molar-refractivity contribution in [3.05, 3.63) is 29.8 Å². The van der Waals surface area contributed by atoms with Crippen LogP contribution in [0.25, 0.3) is 0 Å². The number of benzene rings is 1. The van der Waals surface area contributed by atoms with Gasteiger partial charge in [-0.2, -0.15) is 0 Å². The van der Waals surface area contributed by atoms with Gasteiger partial charge in [0.25, 0.3) is 0 Å². The molecular formula is C13H20N2O2S2. The van der Waals surface area contributed by atoms with Gasteiger partial charge in [-0.25, -0.2) is 13.1 Å². The zero-order valence-electron chi connectivity index (χ0n) is 11.4. The van der Waals surface area contributed by atoms with E-state index in [0.29, 0.717) is 5.56 Å². The highest BCUT2D eigenvalue weighted by atomic mass is 32.2. The standard InChI is InChI=1S/C13H20N2O2S2/c1-4-9(2)10(3)15-19(16,17)12-8-6-5-7-11(12)13(14)18/h5-10,15H,4H2,1-3H3,(H2,14,18). The van der Waals surface area contributed by atoms with Crippen molar-refractivity contribution in [3.8, 4) is 0 Å². The molecular weight excluding hydrogens is 280 g/mol. The van der Waals surface area contributed by atoms with Crippen LogP contribution in [-0.4, -0.2) is 19.4 Å². The van der Waals surface area contributed by atoms with E-state index >= 15 is 0 Å². The van der Waals surface area contributed by atoms with Gasteiger partial charge in [-0.15, -0.1) is 0 Å². The predicted molar refractivity (Wildman–Crippen MR) is 81.6 cm³/mol. The van der Waals surface area contributed by atoms with Gasteiger partial charge >= 0.3 is 0 Å². The topological polar surface area (TPSA) is 72.2 Å². The molecule has 1 aromatic carbocycles. The molecule has 6 heteroatoms. The van der Waals surface area contributed by atoms with E-state index in [0.717, 1.165) is 6.42 Å². The zero-order chi connectivity index (χ0) is 14.6. The first-order chi connectivity index (χ1) is 8.79. The Morgan fingerprint density at radius 1 is 1.37 bits per heavy atom. The molecule has 0 saturated carbocycles. The van der Waals surface area contributed by atoms with Crippen LogP contribution in [0.2, 0.25) is 0 Å². The Labute approximate surface area is 120 Å². The monoisotopic (exact) mass is 300 g/mol. The van der Waals surface area contributed by atoms with Gasteiger partial charge in [0.1, 0.15) is 4.99 Å². The van der Waals surface area contributed by atoms with Crippen LogP contribution in [0.5, 0.6) is 0 Å². The summed E-state index contributed by atoms with van der Waals surface area (Å²) >= 11 is 4.89. The van der Waals surface area contributed by atoms with Gasteiger partial charge < -0.3 is 5.73 Å². The fourth-order valence-electron chi connectivity index (χ4n) is 1.68. The van der Waals surface area contributed by atoms with Gasteiger partial charge in [0.15, 0.2) is 0 Å². The van der Waals surface area contributed by atoms with Crippen molar-refractivity contribution in [3.63, 3.8) is 0 Å². The second kappa shape index (κ2) is 6.45. The van der Waals surface area contributed by atoms with Gasteiger partial charge in [0.05, 0.1) is 4.90 Å². The Hall–Kier alpha value is -0.980. The van der Waals surface area contributed by atoms with E-state index in [1.807, 2.05) is 20.8 Å². The number of rotatable bonds is 6. The third kappa shape index (κ3) is 3.99. The second-order valence-corrected chi connectivity index (χ2v) is 6.78. The van der Waals surface area contributed by atoms with Crippen LogP contribution in [0.1, 0.15) is 32.8 Å². The molecule has 0 fully saturated rings. The average Bonchev–Trinajstić information content (AvgIpc) is 2.37.